The van der Waals surface area contributed by atoms with Crippen LogP contribution in [0.3, 0.4) is 0 Å². The summed E-state index contributed by atoms with van der Waals surface area (Å²) in [5.41, 5.74) is 2.51. The van der Waals surface area contributed by atoms with E-state index in [1.807, 2.05) is 0 Å². The largest absolute Gasteiger partial charge is 0.492 e. The lowest BCUT2D eigenvalue weighted by atomic mass is 10.1. The van der Waals surface area contributed by atoms with Crippen LogP contribution < -0.4 is 10.1 Å². The number of hydrogen-bond acceptors (Lipinski definition) is 2. The van der Waals surface area contributed by atoms with Gasteiger partial charge in [-0.15, -0.1) is 0 Å². The van der Waals surface area contributed by atoms with Gasteiger partial charge in [-0.1, -0.05) is 17.7 Å². The Bertz CT molecular complexity index is 318. The fourth-order valence-corrected chi connectivity index (χ4v) is 1.64. The van der Waals surface area contributed by atoms with Crippen LogP contribution in [0.25, 0.3) is 0 Å². The maximum atomic E-state index is 5.73. The molecule has 2 rings (SSSR count). The maximum absolute atomic E-state index is 5.73. The molecule has 1 aromatic carbocycles. The molecular weight excluding hydrogens is 174 g/mol. The van der Waals surface area contributed by atoms with Crippen LogP contribution in [-0.2, 0) is 0 Å². The number of ether oxygens (including phenoxy) is 1. The molecule has 1 N–H and O–H groups in total. The van der Waals surface area contributed by atoms with Gasteiger partial charge in [0.1, 0.15) is 12.4 Å². The van der Waals surface area contributed by atoms with Crippen molar-refractivity contribution < 1.29 is 4.74 Å². The minimum atomic E-state index is 0.565. The van der Waals surface area contributed by atoms with Crippen LogP contribution in [0.5, 0.6) is 5.75 Å². The summed E-state index contributed by atoms with van der Waals surface area (Å²) in [4.78, 5) is 0. The van der Waals surface area contributed by atoms with Gasteiger partial charge in [0.25, 0.3) is 0 Å². The molecule has 0 aliphatic carbocycles. The number of rotatable bonds is 3. The van der Waals surface area contributed by atoms with E-state index in [9.17, 15) is 0 Å². The molecule has 76 valence electrons. The first-order valence-corrected chi connectivity index (χ1v) is 5.19. The number of hydrogen-bond donors (Lipinski definition) is 1. The molecule has 0 spiro atoms. The van der Waals surface area contributed by atoms with Crippen molar-refractivity contribution in [3.05, 3.63) is 29.3 Å². The first-order valence-electron chi connectivity index (χ1n) is 5.19. The lowest BCUT2D eigenvalue weighted by Gasteiger charge is -2.27. The van der Waals surface area contributed by atoms with Gasteiger partial charge in [0.05, 0.1) is 0 Å². The normalized spacial score (nSPS) is 20.3. The van der Waals surface area contributed by atoms with Gasteiger partial charge in [-0.25, -0.2) is 0 Å². The zero-order valence-corrected chi connectivity index (χ0v) is 8.84. The predicted molar refractivity (Wildman–Crippen MR) is 57.8 cm³/mol. The highest BCUT2D eigenvalue weighted by atomic mass is 16.5. The lowest BCUT2D eigenvalue weighted by molar-refractivity contribution is 0.216. The molecule has 2 heteroatoms. The van der Waals surface area contributed by atoms with E-state index in [4.69, 9.17) is 4.74 Å². The molecule has 1 aromatic rings. The minimum absolute atomic E-state index is 0.565. The smallest absolute Gasteiger partial charge is 0.122 e. The molecule has 1 unspecified atom stereocenters. The summed E-state index contributed by atoms with van der Waals surface area (Å²) in [5.74, 6) is 1.02. The zero-order chi connectivity index (χ0) is 9.97. The number of benzene rings is 1. The lowest BCUT2D eigenvalue weighted by Crippen LogP contribution is -2.46. The van der Waals surface area contributed by atoms with Gasteiger partial charge < -0.3 is 10.1 Å². The van der Waals surface area contributed by atoms with Crippen LogP contribution in [0.1, 0.15) is 17.5 Å². The first-order chi connectivity index (χ1) is 6.75. The Morgan fingerprint density at radius 2 is 2.21 bits per heavy atom. The molecule has 2 nitrogen and oxygen atoms in total. The molecule has 1 aliphatic heterocycles. The Morgan fingerprint density at radius 3 is 2.79 bits per heavy atom. The highest BCUT2D eigenvalue weighted by Crippen LogP contribution is 2.19. The SMILES string of the molecule is Cc1ccc(OCC2CCN2)c(C)c1. The van der Waals surface area contributed by atoms with Crippen molar-refractivity contribution in [1.82, 2.24) is 5.32 Å². The average Bonchev–Trinajstić information content (AvgIpc) is 2.05. The molecule has 1 heterocycles. The summed E-state index contributed by atoms with van der Waals surface area (Å²) < 4.78 is 5.73. The second-order valence-electron chi connectivity index (χ2n) is 4.02. The second kappa shape index (κ2) is 4.01. The van der Waals surface area contributed by atoms with Gasteiger partial charge >= 0.3 is 0 Å². The number of nitrogens with one attached hydrogen (secondary N) is 1. The summed E-state index contributed by atoms with van der Waals surface area (Å²) >= 11 is 0. The fourth-order valence-electron chi connectivity index (χ4n) is 1.64. The zero-order valence-electron chi connectivity index (χ0n) is 8.84. The van der Waals surface area contributed by atoms with Gasteiger partial charge in [-0.2, -0.15) is 0 Å². The molecule has 1 atom stereocenters. The molecule has 1 aliphatic rings. The monoisotopic (exact) mass is 191 g/mol. The molecule has 0 amide bonds. The van der Waals surface area contributed by atoms with Crippen LogP contribution in [0.4, 0.5) is 0 Å². The van der Waals surface area contributed by atoms with E-state index in [-0.39, 0.29) is 0 Å². The van der Waals surface area contributed by atoms with E-state index in [2.05, 4.69) is 37.4 Å². The second-order valence-corrected chi connectivity index (χ2v) is 4.02. The van der Waals surface area contributed by atoms with E-state index in [1.54, 1.807) is 0 Å². The van der Waals surface area contributed by atoms with Crippen molar-refractivity contribution in [3.63, 3.8) is 0 Å². The van der Waals surface area contributed by atoms with Crippen LogP contribution in [0, 0.1) is 13.8 Å². The average molecular weight is 191 g/mol. The van der Waals surface area contributed by atoms with Crippen LogP contribution in [0.15, 0.2) is 18.2 Å². The summed E-state index contributed by atoms with van der Waals surface area (Å²) in [5, 5.41) is 3.32. The summed E-state index contributed by atoms with van der Waals surface area (Å²) in [6, 6.07) is 6.87. The first kappa shape index (κ1) is 9.53. The topological polar surface area (TPSA) is 21.3 Å². The Morgan fingerprint density at radius 1 is 1.43 bits per heavy atom. The third-order valence-electron chi connectivity index (χ3n) is 2.70. The van der Waals surface area contributed by atoms with Gasteiger partial charge in [0, 0.05) is 6.04 Å². The molecule has 14 heavy (non-hydrogen) atoms. The molecule has 0 saturated carbocycles. The van der Waals surface area contributed by atoms with Crippen molar-refractivity contribution >= 4 is 0 Å². The minimum Gasteiger partial charge on any atom is -0.492 e. The van der Waals surface area contributed by atoms with Crippen molar-refractivity contribution in [2.24, 2.45) is 0 Å². The third kappa shape index (κ3) is 2.07. The van der Waals surface area contributed by atoms with Crippen LogP contribution >= 0.6 is 0 Å². The van der Waals surface area contributed by atoms with Crippen molar-refractivity contribution in [2.75, 3.05) is 13.2 Å². The van der Waals surface area contributed by atoms with Crippen LogP contribution in [-0.4, -0.2) is 19.2 Å². The summed E-state index contributed by atoms with van der Waals surface area (Å²) in [6.45, 7) is 6.13. The molecule has 0 bridgehead atoms. The van der Waals surface area contributed by atoms with Gasteiger partial charge in [0.15, 0.2) is 0 Å². The highest BCUT2D eigenvalue weighted by molar-refractivity contribution is 5.35. The predicted octanol–water partition coefficient (Wildman–Crippen LogP) is 2.04. The maximum Gasteiger partial charge on any atom is 0.122 e. The summed E-state index contributed by atoms with van der Waals surface area (Å²) in [7, 11) is 0. The molecule has 1 fully saturated rings. The van der Waals surface area contributed by atoms with E-state index >= 15 is 0 Å². The molecular formula is C12H17NO. The Balaban J connectivity index is 1.94. The number of aryl methyl sites for hydroxylation is 2. The van der Waals surface area contributed by atoms with Crippen LogP contribution in [0.2, 0.25) is 0 Å². The Hall–Kier alpha value is -1.02. The van der Waals surface area contributed by atoms with Gasteiger partial charge in [-0.3, -0.25) is 0 Å². The van der Waals surface area contributed by atoms with Gasteiger partial charge in [-0.05, 0) is 38.4 Å². The van der Waals surface area contributed by atoms with E-state index in [1.165, 1.54) is 17.5 Å². The van der Waals surface area contributed by atoms with Gasteiger partial charge in [0.2, 0.25) is 0 Å². The molecule has 0 radical (unpaired) electrons. The highest BCUT2D eigenvalue weighted by Gasteiger charge is 2.16. The third-order valence-corrected chi connectivity index (χ3v) is 2.70. The van der Waals surface area contributed by atoms with Crippen molar-refractivity contribution in [2.45, 2.75) is 26.3 Å². The Kier molecular flexibility index (Phi) is 2.73. The van der Waals surface area contributed by atoms with Crippen molar-refractivity contribution in [1.29, 1.82) is 0 Å². The van der Waals surface area contributed by atoms with Crippen molar-refractivity contribution in [3.8, 4) is 5.75 Å². The quantitative estimate of drug-likeness (QED) is 0.789. The Labute approximate surface area is 85.3 Å². The summed E-state index contributed by atoms with van der Waals surface area (Å²) in [6.07, 6.45) is 1.24. The molecule has 0 aromatic heterocycles. The standard InChI is InChI=1S/C12H17NO/c1-9-3-4-12(10(2)7-9)14-8-11-5-6-13-11/h3-4,7,11,13H,5-6,8H2,1-2H3. The fraction of sp³-hybridized carbons (Fsp3) is 0.500. The van der Waals surface area contributed by atoms with E-state index < -0.39 is 0 Å². The molecule has 1 saturated heterocycles. The van der Waals surface area contributed by atoms with E-state index in [0.717, 1.165) is 18.9 Å². The van der Waals surface area contributed by atoms with E-state index in [0.29, 0.717) is 6.04 Å².